The first-order valence-corrected chi connectivity index (χ1v) is 4.61. The van der Waals surface area contributed by atoms with Gasteiger partial charge in [-0.3, -0.25) is 9.78 Å². The van der Waals surface area contributed by atoms with Crippen molar-refractivity contribution < 1.29 is 18.3 Å². The maximum absolute atomic E-state index is 12.4. The highest BCUT2D eigenvalue weighted by Gasteiger charge is 2.13. The number of hydrogen-bond acceptors (Lipinski definition) is 4. The lowest BCUT2D eigenvalue weighted by molar-refractivity contribution is -0.139. The van der Waals surface area contributed by atoms with Crippen LogP contribution in [0.5, 0.6) is 0 Å². The van der Waals surface area contributed by atoms with Crippen molar-refractivity contribution in [3.63, 3.8) is 0 Å². The van der Waals surface area contributed by atoms with Crippen molar-refractivity contribution in [2.24, 2.45) is 5.73 Å². The minimum Gasteiger partial charge on any atom is -0.469 e. The molecule has 0 aliphatic heterocycles. The molecule has 0 aliphatic carbocycles. The van der Waals surface area contributed by atoms with Crippen LogP contribution in [0, 0.1) is 0 Å². The number of pyridine rings is 1. The number of nitrogens with zero attached hydrogens (tertiary/aromatic N) is 1. The van der Waals surface area contributed by atoms with Crippen LogP contribution in [0.3, 0.4) is 0 Å². The van der Waals surface area contributed by atoms with Crippen molar-refractivity contribution >= 4 is 5.97 Å². The quantitative estimate of drug-likeness (QED) is 0.789. The Morgan fingerprint density at radius 1 is 1.62 bits per heavy atom. The first-order chi connectivity index (χ1) is 7.58. The highest BCUT2D eigenvalue weighted by molar-refractivity contribution is 5.72. The molecule has 0 radical (unpaired) electrons. The van der Waals surface area contributed by atoms with E-state index >= 15 is 0 Å². The maximum Gasteiger partial charge on any atom is 0.310 e. The Bertz CT molecular complexity index is 383. The molecule has 0 saturated carbocycles. The van der Waals surface area contributed by atoms with Crippen molar-refractivity contribution in [1.82, 2.24) is 4.98 Å². The number of hydrogen-bond donors (Lipinski definition) is 1. The van der Waals surface area contributed by atoms with E-state index in [0.717, 1.165) is 6.20 Å². The van der Waals surface area contributed by atoms with Crippen molar-refractivity contribution in [2.45, 2.75) is 19.4 Å². The van der Waals surface area contributed by atoms with Gasteiger partial charge in [0, 0.05) is 18.3 Å². The molecule has 0 aliphatic rings. The Labute approximate surface area is 91.4 Å². The smallest absolute Gasteiger partial charge is 0.310 e. The molecule has 0 bridgehead atoms. The Kier molecular flexibility index (Phi) is 4.30. The van der Waals surface area contributed by atoms with Crippen LogP contribution in [-0.2, 0) is 22.5 Å². The molecule has 0 aromatic carbocycles. The first-order valence-electron chi connectivity index (χ1n) is 4.61. The standard InChI is InChI=1S/C10H12F2N2O2/c1-16-9(15)3-6-2-7(10(11)12)5-14-8(6)4-13/h2,5,10H,3-4,13H2,1H3. The fraction of sp³-hybridized carbons (Fsp3) is 0.400. The predicted octanol–water partition coefficient (Wildman–Crippen LogP) is 1.19. The van der Waals surface area contributed by atoms with E-state index in [1.165, 1.54) is 13.2 Å². The normalized spacial score (nSPS) is 10.6. The van der Waals surface area contributed by atoms with Gasteiger partial charge >= 0.3 is 5.97 Å². The summed E-state index contributed by atoms with van der Waals surface area (Å²) in [4.78, 5) is 14.8. The fourth-order valence-electron chi connectivity index (χ4n) is 1.24. The van der Waals surface area contributed by atoms with Crippen molar-refractivity contribution in [2.75, 3.05) is 7.11 Å². The molecule has 1 aromatic heterocycles. The number of halogens is 2. The number of ether oxygens (including phenoxy) is 1. The molecule has 0 saturated heterocycles. The molecule has 1 rings (SSSR count). The molecule has 4 nitrogen and oxygen atoms in total. The van der Waals surface area contributed by atoms with E-state index in [0.29, 0.717) is 11.3 Å². The third kappa shape index (κ3) is 2.96. The highest BCUT2D eigenvalue weighted by Crippen LogP contribution is 2.20. The summed E-state index contributed by atoms with van der Waals surface area (Å²) in [6.45, 7) is 0.0931. The van der Waals surface area contributed by atoms with E-state index in [9.17, 15) is 13.6 Å². The van der Waals surface area contributed by atoms with Crippen molar-refractivity contribution in [3.05, 3.63) is 29.1 Å². The second-order valence-corrected chi connectivity index (χ2v) is 3.13. The zero-order valence-electron chi connectivity index (χ0n) is 8.74. The number of nitrogens with two attached hydrogens (primary N) is 1. The Balaban J connectivity index is 3.02. The monoisotopic (exact) mass is 230 g/mol. The van der Waals surface area contributed by atoms with Crippen LogP contribution in [0.1, 0.15) is 23.2 Å². The third-order valence-corrected chi connectivity index (χ3v) is 2.09. The minimum absolute atomic E-state index is 0.0931. The molecule has 0 atom stereocenters. The van der Waals surface area contributed by atoms with Gasteiger partial charge in [-0.05, 0) is 11.6 Å². The molecule has 0 unspecified atom stereocenters. The number of rotatable bonds is 4. The molecule has 2 N–H and O–H groups in total. The van der Waals surface area contributed by atoms with E-state index < -0.39 is 12.4 Å². The average molecular weight is 230 g/mol. The van der Waals surface area contributed by atoms with Gasteiger partial charge in [0.2, 0.25) is 0 Å². The number of alkyl halides is 2. The topological polar surface area (TPSA) is 65.2 Å². The number of aromatic nitrogens is 1. The summed E-state index contributed by atoms with van der Waals surface area (Å²) < 4.78 is 29.3. The summed E-state index contributed by atoms with van der Waals surface area (Å²) in [6.07, 6.45) is -1.65. The van der Waals surface area contributed by atoms with E-state index in [1.54, 1.807) is 0 Å². The van der Waals surface area contributed by atoms with Gasteiger partial charge in [-0.25, -0.2) is 8.78 Å². The maximum atomic E-state index is 12.4. The predicted molar refractivity (Wildman–Crippen MR) is 52.8 cm³/mol. The Morgan fingerprint density at radius 3 is 2.81 bits per heavy atom. The highest BCUT2D eigenvalue weighted by atomic mass is 19.3. The Hall–Kier alpha value is -1.56. The van der Waals surface area contributed by atoms with E-state index in [2.05, 4.69) is 9.72 Å². The third-order valence-electron chi connectivity index (χ3n) is 2.09. The molecule has 0 amide bonds. The minimum atomic E-state index is -2.62. The number of carbonyl (C=O) groups excluding carboxylic acids is 1. The number of methoxy groups -OCH3 is 1. The lowest BCUT2D eigenvalue weighted by atomic mass is 10.1. The van der Waals surface area contributed by atoms with Gasteiger partial charge in [0.25, 0.3) is 6.43 Å². The molecule has 16 heavy (non-hydrogen) atoms. The molecule has 0 fully saturated rings. The molecular formula is C10H12F2N2O2. The summed E-state index contributed by atoms with van der Waals surface area (Å²) in [5, 5.41) is 0. The first kappa shape index (κ1) is 12.5. The van der Waals surface area contributed by atoms with Crippen molar-refractivity contribution in [3.8, 4) is 0 Å². The van der Waals surface area contributed by atoms with Crippen LogP contribution in [-0.4, -0.2) is 18.1 Å². The van der Waals surface area contributed by atoms with E-state index in [1.807, 2.05) is 0 Å². The summed E-state index contributed by atoms with van der Waals surface area (Å²) >= 11 is 0. The second-order valence-electron chi connectivity index (χ2n) is 3.13. The lowest BCUT2D eigenvalue weighted by Crippen LogP contribution is -2.11. The summed E-state index contributed by atoms with van der Waals surface area (Å²) in [5.74, 6) is -0.511. The van der Waals surface area contributed by atoms with Gasteiger partial charge in [-0.1, -0.05) is 0 Å². The van der Waals surface area contributed by atoms with Gasteiger partial charge < -0.3 is 10.5 Å². The van der Waals surface area contributed by atoms with Gasteiger partial charge in [0.15, 0.2) is 0 Å². The van der Waals surface area contributed by atoms with Crippen LogP contribution in [0.15, 0.2) is 12.3 Å². The molecule has 88 valence electrons. The van der Waals surface area contributed by atoms with Crippen LogP contribution >= 0.6 is 0 Å². The number of carbonyl (C=O) groups is 1. The van der Waals surface area contributed by atoms with Crippen LogP contribution < -0.4 is 5.73 Å². The summed E-state index contributed by atoms with van der Waals surface area (Å²) in [7, 11) is 1.23. The molecule has 6 heteroatoms. The average Bonchev–Trinajstić information content (AvgIpc) is 2.28. The molecule has 1 aromatic rings. The molecule has 0 spiro atoms. The van der Waals surface area contributed by atoms with Gasteiger partial charge in [-0.2, -0.15) is 0 Å². The van der Waals surface area contributed by atoms with Gasteiger partial charge in [0.05, 0.1) is 19.2 Å². The fourth-order valence-corrected chi connectivity index (χ4v) is 1.24. The molecule has 1 heterocycles. The number of esters is 1. The molecular weight excluding hydrogens is 218 g/mol. The zero-order valence-corrected chi connectivity index (χ0v) is 8.74. The zero-order chi connectivity index (χ0) is 12.1. The SMILES string of the molecule is COC(=O)Cc1cc(C(F)F)cnc1CN. The van der Waals surface area contributed by atoms with Gasteiger partial charge in [0.1, 0.15) is 0 Å². The van der Waals surface area contributed by atoms with Crippen LogP contribution in [0.4, 0.5) is 8.78 Å². The van der Waals surface area contributed by atoms with Gasteiger partial charge in [-0.15, -0.1) is 0 Å². The van der Waals surface area contributed by atoms with Crippen LogP contribution in [0.2, 0.25) is 0 Å². The lowest BCUT2D eigenvalue weighted by Gasteiger charge is -2.08. The van der Waals surface area contributed by atoms with Crippen molar-refractivity contribution in [1.29, 1.82) is 0 Å². The largest absolute Gasteiger partial charge is 0.469 e. The summed E-state index contributed by atoms with van der Waals surface area (Å²) in [6, 6.07) is 1.23. The van der Waals surface area contributed by atoms with Crippen LogP contribution in [0.25, 0.3) is 0 Å². The summed E-state index contributed by atoms with van der Waals surface area (Å²) in [5.41, 5.74) is 5.97. The second kappa shape index (κ2) is 5.50. The Morgan fingerprint density at radius 2 is 2.31 bits per heavy atom. The van der Waals surface area contributed by atoms with E-state index in [-0.39, 0.29) is 18.5 Å². The van der Waals surface area contributed by atoms with E-state index in [4.69, 9.17) is 5.73 Å².